The Morgan fingerprint density at radius 1 is 1.38 bits per heavy atom. The van der Waals surface area contributed by atoms with Gasteiger partial charge in [-0.1, -0.05) is 26.0 Å². The second-order valence-electron chi connectivity index (χ2n) is 3.76. The molecule has 0 unspecified atom stereocenters. The molecule has 13 heavy (non-hydrogen) atoms. The first-order valence-electron chi connectivity index (χ1n) is 4.64. The van der Waals surface area contributed by atoms with Crippen LogP contribution in [0, 0.1) is 5.92 Å². The molecule has 0 rings (SSSR count). The van der Waals surface area contributed by atoms with Crippen LogP contribution in [0.3, 0.4) is 0 Å². The van der Waals surface area contributed by atoms with Gasteiger partial charge in [-0.3, -0.25) is 4.79 Å². The Kier molecular flexibility index (Phi) is 6.24. The van der Waals surface area contributed by atoms with Crippen LogP contribution in [0.15, 0.2) is 12.2 Å². The van der Waals surface area contributed by atoms with Gasteiger partial charge in [0.05, 0.1) is 6.54 Å². The van der Waals surface area contributed by atoms with Gasteiger partial charge in [-0.05, 0) is 12.8 Å². The molecule has 0 aliphatic rings. The molecular formula is C10H20N2O. The first-order valence-corrected chi connectivity index (χ1v) is 4.64. The molecule has 0 aliphatic heterocycles. The zero-order valence-electron chi connectivity index (χ0n) is 8.81. The molecule has 0 fully saturated rings. The van der Waals surface area contributed by atoms with Crippen LogP contribution in [0.2, 0.25) is 0 Å². The summed E-state index contributed by atoms with van der Waals surface area (Å²) in [5.74, 6) is 0.556. The zero-order chi connectivity index (χ0) is 10.3. The Hall–Kier alpha value is -0.830. The van der Waals surface area contributed by atoms with Crippen molar-refractivity contribution in [3.05, 3.63) is 12.2 Å². The molecule has 0 atom stereocenters. The van der Waals surface area contributed by atoms with E-state index in [0.717, 1.165) is 12.1 Å². The summed E-state index contributed by atoms with van der Waals surface area (Å²) in [6, 6.07) is 0. The normalized spacial score (nSPS) is 10.2. The van der Waals surface area contributed by atoms with E-state index < -0.39 is 0 Å². The number of hydrogen-bond acceptors (Lipinski definition) is 2. The van der Waals surface area contributed by atoms with Crippen LogP contribution < -0.4 is 10.6 Å². The molecule has 2 N–H and O–H groups in total. The molecule has 0 saturated heterocycles. The van der Waals surface area contributed by atoms with Crippen LogP contribution in [0.4, 0.5) is 0 Å². The van der Waals surface area contributed by atoms with Gasteiger partial charge in [0.25, 0.3) is 0 Å². The molecule has 0 aromatic rings. The van der Waals surface area contributed by atoms with E-state index in [-0.39, 0.29) is 5.91 Å². The maximum absolute atomic E-state index is 11.1. The van der Waals surface area contributed by atoms with E-state index in [0.29, 0.717) is 19.0 Å². The number of rotatable bonds is 6. The quantitative estimate of drug-likeness (QED) is 0.603. The van der Waals surface area contributed by atoms with E-state index in [1.165, 1.54) is 0 Å². The predicted molar refractivity (Wildman–Crippen MR) is 55.5 cm³/mol. The molecule has 76 valence electrons. The van der Waals surface area contributed by atoms with E-state index in [1.807, 2.05) is 6.92 Å². The number of amides is 1. The maximum atomic E-state index is 11.1. The lowest BCUT2D eigenvalue weighted by molar-refractivity contribution is -0.120. The standard InChI is InChI=1S/C10H20N2O/c1-8(2)5-11-7-10(13)12-6-9(3)4/h9,11H,1,5-7H2,2-4H3,(H,12,13). The van der Waals surface area contributed by atoms with Crippen molar-refractivity contribution in [1.82, 2.24) is 10.6 Å². The van der Waals surface area contributed by atoms with Gasteiger partial charge in [-0.15, -0.1) is 0 Å². The molecule has 0 bridgehead atoms. The fraction of sp³-hybridized carbons (Fsp3) is 0.700. The average Bonchev–Trinajstić information content (AvgIpc) is 2.00. The minimum Gasteiger partial charge on any atom is -0.355 e. The third-order valence-electron chi connectivity index (χ3n) is 1.42. The summed E-state index contributed by atoms with van der Waals surface area (Å²) in [7, 11) is 0. The Bertz CT molecular complexity index is 176. The van der Waals surface area contributed by atoms with Crippen LogP contribution >= 0.6 is 0 Å². The van der Waals surface area contributed by atoms with E-state index in [2.05, 4.69) is 31.1 Å². The van der Waals surface area contributed by atoms with Crippen molar-refractivity contribution in [2.45, 2.75) is 20.8 Å². The molecule has 0 spiro atoms. The van der Waals surface area contributed by atoms with Gasteiger partial charge < -0.3 is 10.6 Å². The summed E-state index contributed by atoms with van der Waals surface area (Å²) >= 11 is 0. The van der Waals surface area contributed by atoms with Crippen molar-refractivity contribution in [3.8, 4) is 0 Å². The Morgan fingerprint density at radius 3 is 2.46 bits per heavy atom. The zero-order valence-corrected chi connectivity index (χ0v) is 8.81. The van der Waals surface area contributed by atoms with Crippen molar-refractivity contribution in [1.29, 1.82) is 0 Å². The van der Waals surface area contributed by atoms with Crippen molar-refractivity contribution in [3.63, 3.8) is 0 Å². The van der Waals surface area contributed by atoms with Crippen molar-refractivity contribution in [2.75, 3.05) is 19.6 Å². The van der Waals surface area contributed by atoms with Crippen molar-refractivity contribution in [2.24, 2.45) is 5.92 Å². The van der Waals surface area contributed by atoms with Crippen molar-refractivity contribution >= 4 is 5.91 Å². The molecule has 0 aromatic carbocycles. The number of hydrogen-bond donors (Lipinski definition) is 2. The largest absolute Gasteiger partial charge is 0.355 e. The predicted octanol–water partition coefficient (Wildman–Crippen LogP) is 0.924. The van der Waals surface area contributed by atoms with Crippen LogP contribution in [-0.2, 0) is 4.79 Å². The maximum Gasteiger partial charge on any atom is 0.233 e. The van der Waals surface area contributed by atoms with Gasteiger partial charge in [0.1, 0.15) is 0 Å². The molecule has 0 saturated carbocycles. The highest BCUT2D eigenvalue weighted by Gasteiger charge is 2.00. The van der Waals surface area contributed by atoms with Gasteiger partial charge in [-0.25, -0.2) is 0 Å². The lowest BCUT2D eigenvalue weighted by atomic mass is 10.2. The Labute approximate surface area is 80.6 Å². The monoisotopic (exact) mass is 184 g/mol. The summed E-state index contributed by atoms with van der Waals surface area (Å²) in [6.07, 6.45) is 0. The first kappa shape index (κ1) is 12.2. The summed E-state index contributed by atoms with van der Waals surface area (Å²) in [6.45, 7) is 11.6. The topological polar surface area (TPSA) is 41.1 Å². The molecule has 1 amide bonds. The number of carbonyl (C=O) groups is 1. The second kappa shape index (κ2) is 6.66. The van der Waals surface area contributed by atoms with Crippen LogP contribution in [0.5, 0.6) is 0 Å². The van der Waals surface area contributed by atoms with Crippen LogP contribution in [-0.4, -0.2) is 25.5 Å². The minimum atomic E-state index is 0.0509. The highest BCUT2D eigenvalue weighted by molar-refractivity contribution is 5.77. The number of nitrogens with one attached hydrogen (secondary N) is 2. The molecule has 0 heterocycles. The third-order valence-corrected chi connectivity index (χ3v) is 1.42. The smallest absolute Gasteiger partial charge is 0.233 e. The molecule has 0 aliphatic carbocycles. The van der Waals surface area contributed by atoms with E-state index in [1.54, 1.807) is 0 Å². The third kappa shape index (κ3) is 9.08. The fourth-order valence-electron chi connectivity index (χ4n) is 0.770. The second-order valence-corrected chi connectivity index (χ2v) is 3.76. The molecule has 3 heteroatoms. The summed E-state index contributed by atoms with van der Waals surface area (Å²) < 4.78 is 0. The Morgan fingerprint density at radius 2 is 2.00 bits per heavy atom. The summed E-state index contributed by atoms with van der Waals surface area (Å²) in [5, 5.41) is 5.82. The fourth-order valence-corrected chi connectivity index (χ4v) is 0.770. The lowest BCUT2D eigenvalue weighted by Crippen LogP contribution is -2.36. The Balaban J connectivity index is 3.35. The van der Waals surface area contributed by atoms with Gasteiger partial charge in [0, 0.05) is 13.1 Å². The molecular weight excluding hydrogens is 164 g/mol. The summed E-state index contributed by atoms with van der Waals surface area (Å²) in [5.41, 5.74) is 1.04. The van der Waals surface area contributed by atoms with Crippen LogP contribution in [0.1, 0.15) is 20.8 Å². The van der Waals surface area contributed by atoms with E-state index in [9.17, 15) is 4.79 Å². The average molecular weight is 184 g/mol. The van der Waals surface area contributed by atoms with Gasteiger partial charge in [0.15, 0.2) is 0 Å². The van der Waals surface area contributed by atoms with Gasteiger partial charge in [-0.2, -0.15) is 0 Å². The highest BCUT2D eigenvalue weighted by atomic mass is 16.1. The number of carbonyl (C=O) groups excluding carboxylic acids is 1. The molecule has 3 nitrogen and oxygen atoms in total. The minimum absolute atomic E-state index is 0.0509. The summed E-state index contributed by atoms with van der Waals surface area (Å²) in [4.78, 5) is 11.1. The lowest BCUT2D eigenvalue weighted by Gasteiger charge is -2.08. The SMILES string of the molecule is C=C(C)CNCC(=O)NCC(C)C. The van der Waals surface area contributed by atoms with E-state index in [4.69, 9.17) is 0 Å². The van der Waals surface area contributed by atoms with Gasteiger partial charge >= 0.3 is 0 Å². The molecule has 0 aromatic heterocycles. The van der Waals surface area contributed by atoms with E-state index >= 15 is 0 Å². The highest BCUT2D eigenvalue weighted by Crippen LogP contribution is 1.86. The molecule has 0 radical (unpaired) electrons. The first-order chi connectivity index (χ1) is 6.02. The van der Waals surface area contributed by atoms with Gasteiger partial charge in [0.2, 0.25) is 5.91 Å². The van der Waals surface area contributed by atoms with Crippen LogP contribution in [0.25, 0.3) is 0 Å². The van der Waals surface area contributed by atoms with Crippen molar-refractivity contribution < 1.29 is 4.79 Å².